The molecule has 0 heterocycles. The highest BCUT2D eigenvalue weighted by atomic mass is 28.4. The van der Waals surface area contributed by atoms with E-state index in [0.717, 1.165) is 6.42 Å². The molecule has 0 aromatic heterocycles. The molecule has 0 aromatic carbocycles. The fraction of sp³-hybridized carbons (Fsp3) is 0.846. The highest BCUT2D eigenvalue weighted by Crippen LogP contribution is 2.38. The zero-order chi connectivity index (χ0) is 13.3. The molecule has 0 aromatic rings. The van der Waals surface area contributed by atoms with Gasteiger partial charge in [0.2, 0.25) is 0 Å². The fourth-order valence-corrected chi connectivity index (χ4v) is 3.03. The molecule has 1 rings (SSSR count). The number of rotatable bonds is 3. The first-order valence-corrected chi connectivity index (χ1v) is 9.15. The van der Waals surface area contributed by atoms with Crippen LogP contribution in [0.2, 0.25) is 18.1 Å². The lowest BCUT2D eigenvalue weighted by Crippen LogP contribution is -2.52. The summed E-state index contributed by atoms with van der Waals surface area (Å²) in [6.45, 7) is 11.0. The molecular formula is C13H26O3Si. The standard InChI is InChI=1S/C13H26O3Si/c1-13(2,3)17(5,6)16-12-10(14)8-7-9-11(12)15-4/h7-8,10-12,14H,9H2,1-6H3/t10-,11+,12+/m0/s1. The first-order valence-electron chi connectivity index (χ1n) is 6.24. The monoisotopic (exact) mass is 258 g/mol. The molecule has 3 nitrogen and oxygen atoms in total. The number of aliphatic hydroxyl groups is 1. The van der Waals surface area contributed by atoms with E-state index in [0.29, 0.717) is 0 Å². The largest absolute Gasteiger partial charge is 0.408 e. The average Bonchev–Trinajstić information content (AvgIpc) is 2.19. The molecular weight excluding hydrogens is 232 g/mol. The fourth-order valence-electron chi connectivity index (χ4n) is 1.71. The van der Waals surface area contributed by atoms with Crippen molar-refractivity contribution in [3.05, 3.63) is 12.2 Å². The maximum absolute atomic E-state index is 10.0. The molecule has 0 unspecified atom stereocenters. The van der Waals surface area contributed by atoms with Gasteiger partial charge in [0.05, 0.1) is 12.2 Å². The van der Waals surface area contributed by atoms with Crippen molar-refractivity contribution in [3.8, 4) is 0 Å². The van der Waals surface area contributed by atoms with Gasteiger partial charge in [0.15, 0.2) is 8.32 Å². The predicted molar refractivity (Wildman–Crippen MR) is 72.6 cm³/mol. The van der Waals surface area contributed by atoms with Gasteiger partial charge in [-0.2, -0.15) is 0 Å². The van der Waals surface area contributed by atoms with Crippen LogP contribution in [0.15, 0.2) is 12.2 Å². The first kappa shape index (κ1) is 14.9. The topological polar surface area (TPSA) is 38.7 Å². The van der Waals surface area contributed by atoms with Gasteiger partial charge in [-0.05, 0) is 24.6 Å². The number of aliphatic hydroxyl groups excluding tert-OH is 1. The van der Waals surface area contributed by atoms with Crippen molar-refractivity contribution in [1.82, 2.24) is 0 Å². The smallest absolute Gasteiger partial charge is 0.192 e. The molecule has 0 spiro atoms. The Kier molecular flexibility index (Phi) is 4.58. The summed E-state index contributed by atoms with van der Waals surface area (Å²) in [7, 11) is -0.187. The van der Waals surface area contributed by atoms with Crippen LogP contribution in [0.1, 0.15) is 27.2 Å². The second kappa shape index (κ2) is 5.22. The van der Waals surface area contributed by atoms with Crippen molar-refractivity contribution in [3.63, 3.8) is 0 Å². The van der Waals surface area contributed by atoms with Gasteiger partial charge in [-0.1, -0.05) is 32.9 Å². The number of ether oxygens (including phenoxy) is 1. The van der Waals surface area contributed by atoms with E-state index in [4.69, 9.17) is 9.16 Å². The minimum Gasteiger partial charge on any atom is -0.408 e. The third-order valence-electron chi connectivity index (χ3n) is 3.94. The maximum atomic E-state index is 10.0. The van der Waals surface area contributed by atoms with E-state index in [1.807, 2.05) is 12.2 Å². The quantitative estimate of drug-likeness (QED) is 0.625. The Balaban J connectivity index is 2.81. The van der Waals surface area contributed by atoms with Crippen LogP contribution in [0.4, 0.5) is 0 Å². The van der Waals surface area contributed by atoms with Crippen LogP contribution >= 0.6 is 0 Å². The summed E-state index contributed by atoms with van der Waals surface area (Å²) in [4.78, 5) is 0. The van der Waals surface area contributed by atoms with Gasteiger partial charge in [-0.25, -0.2) is 0 Å². The van der Waals surface area contributed by atoms with Crippen molar-refractivity contribution in [2.24, 2.45) is 0 Å². The molecule has 0 aliphatic heterocycles. The summed E-state index contributed by atoms with van der Waals surface area (Å²) < 4.78 is 11.7. The molecule has 4 heteroatoms. The molecule has 100 valence electrons. The van der Waals surface area contributed by atoms with Gasteiger partial charge in [-0.15, -0.1) is 0 Å². The minimum atomic E-state index is -1.87. The van der Waals surface area contributed by atoms with E-state index in [2.05, 4.69) is 33.9 Å². The van der Waals surface area contributed by atoms with E-state index in [1.54, 1.807) is 7.11 Å². The van der Waals surface area contributed by atoms with Crippen LogP contribution in [0.5, 0.6) is 0 Å². The van der Waals surface area contributed by atoms with E-state index in [-0.39, 0.29) is 17.2 Å². The zero-order valence-corrected chi connectivity index (χ0v) is 12.9. The molecule has 0 saturated heterocycles. The molecule has 3 atom stereocenters. The Bertz CT molecular complexity index is 281. The van der Waals surface area contributed by atoms with Crippen molar-refractivity contribution in [2.75, 3.05) is 7.11 Å². The Morgan fingerprint density at radius 2 is 1.88 bits per heavy atom. The SMILES string of the molecule is CO[C@@H]1CC=C[C@H](O)[C@H]1O[Si](C)(C)C(C)(C)C. The van der Waals surface area contributed by atoms with E-state index in [1.165, 1.54) is 0 Å². The highest BCUT2D eigenvalue weighted by molar-refractivity contribution is 6.74. The molecule has 0 bridgehead atoms. The normalized spacial score (nSPS) is 30.6. The van der Waals surface area contributed by atoms with Crippen LogP contribution in [0.3, 0.4) is 0 Å². The highest BCUT2D eigenvalue weighted by Gasteiger charge is 2.43. The molecule has 1 aliphatic rings. The van der Waals surface area contributed by atoms with Crippen LogP contribution in [-0.2, 0) is 9.16 Å². The van der Waals surface area contributed by atoms with Crippen molar-refractivity contribution < 1.29 is 14.3 Å². The molecule has 1 aliphatic carbocycles. The molecule has 17 heavy (non-hydrogen) atoms. The lowest BCUT2D eigenvalue weighted by Gasteiger charge is -2.43. The predicted octanol–water partition coefficient (Wildman–Crippen LogP) is 2.71. The summed E-state index contributed by atoms with van der Waals surface area (Å²) in [6, 6.07) is 0. The summed E-state index contributed by atoms with van der Waals surface area (Å²) in [5.41, 5.74) is 0. The number of hydrogen-bond donors (Lipinski definition) is 1. The summed E-state index contributed by atoms with van der Waals surface area (Å²) in [5.74, 6) is 0. The van der Waals surface area contributed by atoms with Crippen LogP contribution in [0, 0.1) is 0 Å². The Hall–Kier alpha value is -0.163. The number of methoxy groups -OCH3 is 1. The third kappa shape index (κ3) is 3.41. The van der Waals surface area contributed by atoms with Gasteiger partial charge in [0, 0.05) is 7.11 Å². The molecule has 0 radical (unpaired) electrons. The van der Waals surface area contributed by atoms with Crippen molar-refractivity contribution in [1.29, 1.82) is 0 Å². The van der Waals surface area contributed by atoms with Crippen molar-refractivity contribution >= 4 is 8.32 Å². The lowest BCUT2D eigenvalue weighted by molar-refractivity contribution is -0.0566. The van der Waals surface area contributed by atoms with Gasteiger partial charge < -0.3 is 14.3 Å². The van der Waals surface area contributed by atoms with E-state index < -0.39 is 14.4 Å². The summed E-state index contributed by atoms with van der Waals surface area (Å²) in [5, 5.41) is 10.2. The van der Waals surface area contributed by atoms with E-state index >= 15 is 0 Å². The van der Waals surface area contributed by atoms with Crippen molar-refractivity contribution in [2.45, 2.75) is 63.6 Å². The average molecular weight is 258 g/mol. The maximum Gasteiger partial charge on any atom is 0.192 e. The first-order chi connectivity index (χ1) is 7.69. The minimum absolute atomic E-state index is 0.0378. The van der Waals surface area contributed by atoms with Gasteiger partial charge in [-0.3, -0.25) is 0 Å². The second-order valence-corrected chi connectivity index (χ2v) is 11.0. The van der Waals surface area contributed by atoms with Crippen LogP contribution < -0.4 is 0 Å². The van der Waals surface area contributed by atoms with Crippen LogP contribution in [-0.4, -0.2) is 38.8 Å². The summed E-state index contributed by atoms with van der Waals surface area (Å²) in [6.07, 6.45) is 3.77. The van der Waals surface area contributed by atoms with Gasteiger partial charge >= 0.3 is 0 Å². The Morgan fingerprint density at radius 1 is 1.29 bits per heavy atom. The summed E-state index contributed by atoms with van der Waals surface area (Å²) >= 11 is 0. The Morgan fingerprint density at radius 3 is 2.35 bits per heavy atom. The molecule has 0 saturated carbocycles. The Labute approximate surface area is 106 Å². The second-order valence-electron chi connectivity index (χ2n) is 6.27. The molecule has 0 amide bonds. The van der Waals surface area contributed by atoms with Crippen LogP contribution in [0.25, 0.3) is 0 Å². The lowest BCUT2D eigenvalue weighted by atomic mass is 9.99. The van der Waals surface area contributed by atoms with Gasteiger partial charge in [0.1, 0.15) is 6.10 Å². The number of hydrogen-bond acceptors (Lipinski definition) is 3. The zero-order valence-electron chi connectivity index (χ0n) is 11.9. The van der Waals surface area contributed by atoms with Gasteiger partial charge in [0.25, 0.3) is 0 Å². The molecule has 0 fully saturated rings. The third-order valence-corrected chi connectivity index (χ3v) is 8.42. The van der Waals surface area contributed by atoms with E-state index in [9.17, 15) is 5.11 Å². The molecule has 1 N–H and O–H groups in total.